The van der Waals surface area contributed by atoms with E-state index in [0.29, 0.717) is 6.42 Å². The Balaban J connectivity index is 1.91. The van der Waals surface area contributed by atoms with Crippen molar-refractivity contribution in [3.05, 3.63) is 41.7 Å². The minimum Gasteiger partial charge on any atom is -0.295 e. The zero-order valence-corrected chi connectivity index (χ0v) is 10.4. The highest BCUT2D eigenvalue weighted by Gasteiger charge is 2.38. The molecule has 0 bridgehead atoms. The lowest BCUT2D eigenvalue weighted by atomic mass is 9.71. The van der Waals surface area contributed by atoms with E-state index < -0.39 is 0 Å². The molecule has 1 fully saturated rings. The predicted molar refractivity (Wildman–Crippen MR) is 69.5 cm³/mol. The summed E-state index contributed by atoms with van der Waals surface area (Å²) in [6, 6.07) is 6.50. The molecule has 0 aliphatic heterocycles. The molecule has 2 heteroatoms. The molecule has 0 N–H and O–H groups in total. The number of hydrogen-bond acceptors (Lipinski definition) is 1. The first-order valence-electron chi connectivity index (χ1n) is 6.66. The number of allylic oxidation sites excluding steroid dienone is 2. The summed E-state index contributed by atoms with van der Waals surface area (Å²) < 4.78 is 12.9. The van der Waals surface area contributed by atoms with E-state index in [4.69, 9.17) is 0 Å². The van der Waals surface area contributed by atoms with Gasteiger partial charge in [-0.05, 0) is 54.0 Å². The van der Waals surface area contributed by atoms with Crippen LogP contribution in [0.5, 0.6) is 0 Å². The van der Waals surface area contributed by atoms with Crippen LogP contribution in [0.4, 0.5) is 4.39 Å². The molecule has 0 unspecified atom stereocenters. The normalized spacial score (nSPS) is 22.3. The molecular formula is C16H17FO. The Bertz CT molecular complexity index is 492. The van der Waals surface area contributed by atoms with Gasteiger partial charge in [0.15, 0.2) is 5.78 Å². The average molecular weight is 244 g/mol. The number of carbonyl (C=O) groups is 1. The molecule has 1 saturated carbocycles. The van der Waals surface area contributed by atoms with Crippen molar-refractivity contribution < 1.29 is 9.18 Å². The first-order chi connectivity index (χ1) is 8.67. The summed E-state index contributed by atoms with van der Waals surface area (Å²) in [5.41, 5.74) is 2.29. The second-order valence-corrected chi connectivity index (χ2v) is 5.70. The molecule has 0 atom stereocenters. The molecule has 0 amide bonds. The average Bonchev–Trinajstić information content (AvgIpc) is 2.77. The van der Waals surface area contributed by atoms with E-state index in [1.54, 1.807) is 18.2 Å². The third kappa shape index (κ3) is 2.12. The number of ketones is 1. The van der Waals surface area contributed by atoms with Gasteiger partial charge in [-0.1, -0.05) is 25.0 Å². The van der Waals surface area contributed by atoms with E-state index in [0.717, 1.165) is 30.4 Å². The zero-order chi connectivity index (χ0) is 12.6. The molecule has 2 aliphatic rings. The summed E-state index contributed by atoms with van der Waals surface area (Å²) in [6.45, 7) is 0. The van der Waals surface area contributed by atoms with Crippen LogP contribution in [0.25, 0.3) is 5.57 Å². The summed E-state index contributed by atoms with van der Waals surface area (Å²) in [5.74, 6) is 0.0135. The fourth-order valence-corrected chi connectivity index (χ4v) is 3.46. The van der Waals surface area contributed by atoms with E-state index in [2.05, 4.69) is 0 Å². The van der Waals surface area contributed by atoms with Gasteiger partial charge in [0.05, 0.1) is 0 Å². The van der Waals surface area contributed by atoms with Crippen LogP contribution < -0.4 is 0 Å². The van der Waals surface area contributed by atoms with Crippen molar-refractivity contribution >= 4 is 11.4 Å². The van der Waals surface area contributed by atoms with Crippen molar-refractivity contribution in [2.45, 2.75) is 38.5 Å². The quantitative estimate of drug-likeness (QED) is 0.725. The number of hydrogen-bond donors (Lipinski definition) is 0. The monoisotopic (exact) mass is 244 g/mol. The van der Waals surface area contributed by atoms with Gasteiger partial charge < -0.3 is 0 Å². The molecule has 0 saturated heterocycles. The molecule has 1 spiro atoms. The van der Waals surface area contributed by atoms with Gasteiger partial charge in [-0.25, -0.2) is 4.39 Å². The van der Waals surface area contributed by atoms with Crippen LogP contribution in [-0.4, -0.2) is 5.78 Å². The second kappa shape index (κ2) is 4.34. The van der Waals surface area contributed by atoms with Gasteiger partial charge in [0.25, 0.3) is 0 Å². The van der Waals surface area contributed by atoms with Crippen LogP contribution in [-0.2, 0) is 4.79 Å². The smallest absolute Gasteiger partial charge is 0.156 e. The molecule has 1 aromatic carbocycles. The van der Waals surface area contributed by atoms with Gasteiger partial charge in [-0.3, -0.25) is 4.79 Å². The third-order valence-electron chi connectivity index (χ3n) is 4.33. The molecule has 0 aromatic heterocycles. The highest BCUT2D eigenvalue weighted by molar-refractivity contribution is 5.99. The van der Waals surface area contributed by atoms with Crippen molar-refractivity contribution in [3.8, 4) is 0 Å². The van der Waals surface area contributed by atoms with Gasteiger partial charge in [-0.15, -0.1) is 0 Å². The van der Waals surface area contributed by atoms with Crippen molar-refractivity contribution in [2.75, 3.05) is 0 Å². The minimum atomic E-state index is -0.225. The SMILES string of the molecule is O=C1C=C(c2ccc(F)cc2)CC2(CCCC2)C1. The summed E-state index contributed by atoms with van der Waals surface area (Å²) in [7, 11) is 0. The Morgan fingerprint density at radius 2 is 1.67 bits per heavy atom. The molecule has 1 aromatic rings. The number of benzene rings is 1. The van der Waals surface area contributed by atoms with E-state index in [-0.39, 0.29) is 17.0 Å². The van der Waals surface area contributed by atoms with E-state index >= 15 is 0 Å². The van der Waals surface area contributed by atoms with Gasteiger partial charge in [0.2, 0.25) is 0 Å². The first kappa shape index (κ1) is 11.6. The minimum absolute atomic E-state index is 0.204. The van der Waals surface area contributed by atoms with Gasteiger partial charge in [0, 0.05) is 6.42 Å². The molecule has 0 heterocycles. The predicted octanol–water partition coefficient (Wildman–Crippen LogP) is 4.13. The Morgan fingerprint density at radius 1 is 1.00 bits per heavy atom. The molecule has 0 radical (unpaired) electrons. The van der Waals surface area contributed by atoms with Gasteiger partial charge in [-0.2, -0.15) is 0 Å². The Morgan fingerprint density at radius 3 is 2.33 bits per heavy atom. The molecular weight excluding hydrogens is 227 g/mol. The highest BCUT2D eigenvalue weighted by Crippen LogP contribution is 2.49. The number of halogens is 1. The van der Waals surface area contributed by atoms with E-state index in [1.165, 1.54) is 25.0 Å². The second-order valence-electron chi connectivity index (χ2n) is 5.70. The van der Waals surface area contributed by atoms with Crippen LogP contribution in [0.15, 0.2) is 30.3 Å². The molecule has 1 nitrogen and oxygen atoms in total. The summed E-state index contributed by atoms with van der Waals surface area (Å²) in [6.07, 6.45) is 8.25. The zero-order valence-electron chi connectivity index (χ0n) is 10.4. The maximum absolute atomic E-state index is 12.9. The van der Waals surface area contributed by atoms with Crippen LogP contribution in [0, 0.1) is 11.2 Å². The van der Waals surface area contributed by atoms with Gasteiger partial charge >= 0.3 is 0 Å². The Labute approximate surface area is 107 Å². The van der Waals surface area contributed by atoms with Gasteiger partial charge in [0.1, 0.15) is 5.82 Å². The van der Waals surface area contributed by atoms with Crippen LogP contribution in [0.1, 0.15) is 44.1 Å². The lowest BCUT2D eigenvalue weighted by molar-refractivity contribution is -0.117. The summed E-state index contributed by atoms with van der Waals surface area (Å²) in [5, 5.41) is 0. The lowest BCUT2D eigenvalue weighted by Crippen LogP contribution is -2.24. The molecule has 3 rings (SSSR count). The van der Waals surface area contributed by atoms with Crippen LogP contribution in [0.3, 0.4) is 0 Å². The maximum atomic E-state index is 12.9. The Hall–Kier alpha value is -1.44. The maximum Gasteiger partial charge on any atom is 0.156 e. The third-order valence-corrected chi connectivity index (χ3v) is 4.33. The Kier molecular flexibility index (Phi) is 2.81. The van der Waals surface area contributed by atoms with Crippen molar-refractivity contribution in [2.24, 2.45) is 5.41 Å². The van der Waals surface area contributed by atoms with Crippen LogP contribution in [0.2, 0.25) is 0 Å². The number of carbonyl (C=O) groups excluding carboxylic acids is 1. The lowest BCUT2D eigenvalue weighted by Gasteiger charge is -2.32. The van der Waals surface area contributed by atoms with E-state index in [9.17, 15) is 9.18 Å². The van der Waals surface area contributed by atoms with Crippen molar-refractivity contribution in [1.82, 2.24) is 0 Å². The topological polar surface area (TPSA) is 17.1 Å². The highest BCUT2D eigenvalue weighted by atomic mass is 19.1. The van der Waals surface area contributed by atoms with Crippen LogP contribution >= 0.6 is 0 Å². The molecule has 18 heavy (non-hydrogen) atoms. The molecule has 94 valence electrons. The van der Waals surface area contributed by atoms with E-state index in [1.807, 2.05) is 0 Å². The summed E-state index contributed by atoms with van der Waals surface area (Å²) >= 11 is 0. The number of rotatable bonds is 1. The largest absolute Gasteiger partial charge is 0.295 e. The standard InChI is InChI=1S/C16H17FO/c17-14-5-3-12(4-6-14)13-9-15(18)11-16(10-13)7-1-2-8-16/h3-6,9H,1-2,7-8,10-11H2. The van der Waals surface area contributed by atoms with Crippen molar-refractivity contribution in [3.63, 3.8) is 0 Å². The summed E-state index contributed by atoms with van der Waals surface area (Å²) in [4.78, 5) is 11.9. The molecule has 2 aliphatic carbocycles. The van der Waals surface area contributed by atoms with Crippen molar-refractivity contribution in [1.29, 1.82) is 0 Å². The first-order valence-corrected chi connectivity index (χ1v) is 6.66. The fraction of sp³-hybridized carbons (Fsp3) is 0.438. The fourth-order valence-electron chi connectivity index (χ4n) is 3.46.